The fourth-order valence-corrected chi connectivity index (χ4v) is 4.02. The van der Waals surface area contributed by atoms with Crippen molar-refractivity contribution in [3.63, 3.8) is 0 Å². The molecule has 1 aliphatic heterocycles. The molecule has 0 atom stereocenters. The first-order valence-corrected chi connectivity index (χ1v) is 10.3. The fourth-order valence-electron chi connectivity index (χ4n) is 2.42. The Morgan fingerprint density at radius 2 is 2.15 bits per heavy atom. The number of halogens is 2. The Kier molecular flexibility index (Phi) is 4.78. The smallest absolute Gasteiger partial charge is 0.235 e. The van der Waals surface area contributed by atoms with Gasteiger partial charge in [0.25, 0.3) is 0 Å². The molecule has 3 rings (SSSR count). The summed E-state index contributed by atoms with van der Waals surface area (Å²) in [6.45, 7) is 3.45. The van der Waals surface area contributed by atoms with E-state index in [0.29, 0.717) is 0 Å². The molecule has 0 unspecified atom stereocenters. The van der Waals surface area contributed by atoms with Crippen LogP contribution in [0.5, 0.6) is 0 Å². The molecule has 140 valence electrons. The molecule has 1 aliphatic rings. The molecule has 0 aliphatic carbocycles. The number of amides is 1. The number of hydrogen-bond donors (Lipinski definition) is 1. The Bertz CT molecular complexity index is 1020. The van der Waals surface area contributed by atoms with Crippen LogP contribution in [-0.4, -0.2) is 35.5 Å². The van der Waals surface area contributed by atoms with Gasteiger partial charge in [-0.25, -0.2) is 12.8 Å². The second kappa shape index (κ2) is 6.62. The SMILES string of the molecule is CC1(C)CC(S(=O)(=O)Cc2noc3cc(NC(=O)CBr)c(F)cc23)=NO1. The zero-order chi connectivity index (χ0) is 19.1. The molecule has 1 N–H and O–H groups in total. The number of carbonyl (C=O) groups excluding carboxylic acids is 1. The van der Waals surface area contributed by atoms with E-state index in [1.807, 2.05) is 0 Å². The van der Waals surface area contributed by atoms with Crippen LogP contribution in [0.15, 0.2) is 21.8 Å². The zero-order valence-corrected chi connectivity index (χ0v) is 16.3. The predicted molar refractivity (Wildman–Crippen MR) is 96.2 cm³/mol. The van der Waals surface area contributed by atoms with Gasteiger partial charge in [-0.15, -0.1) is 0 Å². The van der Waals surface area contributed by atoms with E-state index in [4.69, 9.17) is 9.36 Å². The molecule has 11 heteroatoms. The highest BCUT2D eigenvalue weighted by Gasteiger charge is 2.36. The predicted octanol–water partition coefficient (Wildman–Crippen LogP) is 2.73. The van der Waals surface area contributed by atoms with E-state index in [1.54, 1.807) is 13.8 Å². The highest BCUT2D eigenvalue weighted by molar-refractivity contribution is 9.09. The Balaban J connectivity index is 1.90. The number of benzene rings is 1. The zero-order valence-electron chi connectivity index (χ0n) is 13.9. The van der Waals surface area contributed by atoms with Crippen LogP contribution in [0.3, 0.4) is 0 Å². The molecule has 1 amide bonds. The standard InChI is InChI=1S/C15H15BrFN3O5S/c1-15(2)5-14(20-25-15)26(22,23)7-11-8-3-9(17)10(18-13(21)6-16)4-12(8)24-19-11/h3-4H,5-7H2,1-2H3,(H,18,21). The third-order valence-electron chi connectivity index (χ3n) is 3.69. The van der Waals surface area contributed by atoms with Gasteiger partial charge in [-0.1, -0.05) is 26.2 Å². The number of nitrogens with zero attached hydrogens (tertiary/aromatic N) is 2. The van der Waals surface area contributed by atoms with Gasteiger partial charge in [0.1, 0.15) is 22.9 Å². The summed E-state index contributed by atoms with van der Waals surface area (Å²) in [5, 5.41) is 9.86. The molecule has 0 spiro atoms. The van der Waals surface area contributed by atoms with Crippen molar-refractivity contribution in [1.82, 2.24) is 5.16 Å². The third kappa shape index (κ3) is 3.73. The monoisotopic (exact) mass is 447 g/mol. The van der Waals surface area contributed by atoms with Crippen molar-refractivity contribution < 1.29 is 27.0 Å². The summed E-state index contributed by atoms with van der Waals surface area (Å²) in [5.74, 6) is -1.66. The van der Waals surface area contributed by atoms with Gasteiger partial charge < -0.3 is 14.7 Å². The number of sulfone groups is 1. The summed E-state index contributed by atoms with van der Waals surface area (Å²) in [5.41, 5.74) is -0.554. The highest BCUT2D eigenvalue weighted by atomic mass is 79.9. The van der Waals surface area contributed by atoms with Gasteiger partial charge in [0.05, 0.1) is 11.0 Å². The summed E-state index contributed by atoms with van der Waals surface area (Å²) in [6.07, 6.45) is 0.141. The van der Waals surface area contributed by atoms with E-state index in [-0.39, 0.29) is 39.1 Å². The summed E-state index contributed by atoms with van der Waals surface area (Å²) in [4.78, 5) is 16.5. The molecule has 0 bridgehead atoms. The molecule has 0 saturated heterocycles. The molecule has 0 fully saturated rings. The summed E-state index contributed by atoms with van der Waals surface area (Å²) >= 11 is 2.97. The van der Waals surface area contributed by atoms with Gasteiger partial charge in [-0.2, -0.15) is 0 Å². The first kappa shape index (κ1) is 18.8. The lowest BCUT2D eigenvalue weighted by molar-refractivity contribution is -0.113. The molecule has 2 heterocycles. The van der Waals surface area contributed by atoms with Gasteiger partial charge in [0.15, 0.2) is 10.6 Å². The van der Waals surface area contributed by atoms with Gasteiger partial charge in [-0.3, -0.25) is 4.79 Å². The Morgan fingerprint density at radius 3 is 2.77 bits per heavy atom. The molecule has 8 nitrogen and oxygen atoms in total. The molecule has 1 aromatic heterocycles. The van der Waals surface area contributed by atoms with E-state index >= 15 is 0 Å². The van der Waals surface area contributed by atoms with E-state index in [1.165, 1.54) is 6.07 Å². The maximum absolute atomic E-state index is 14.2. The first-order chi connectivity index (χ1) is 12.1. The Hall–Kier alpha value is -2.01. The van der Waals surface area contributed by atoms with Crippen LogP contribution in [-0.2, 0) is 25.2 Å². The summed E-state index contributed by atoms with van der Waals surface area (Å²) in [7, 11) is -3.79. The number of alkyl halides is 1. The number of carbonyl (C=O) groups is 1. The first-order valence-electron chi connectivity index (χ1n) is 7.53. The van der Waals surface area contributed by atoms with Gasteiger partial charge >= 0.3 is 0 Å². The number of nitrogens with one attached hydrogen (secondary N) is 1. The molecule has 26 heavy (non-hydrogen) atoms. The molecule has 2 aromatic rings. The Morgan fingerprint density at radius 1 is 1.42 bits per heavy atom. The van der Waals surface area contributed by atoms with Gasteiger partial charge in [-0.05, 0) is 19.9 Å². The van der Waals surface area contributed by atoms with Crippen molar-refractivity contribution in [2.45, 2.75) is 31.6 Å². The normalized spacial score (nSPS) is 16.4. The van der Waals surface area contributed by atoms with Crippen LogP contribution < -0.4 is 5.32 Å². The Labute approximate surface area is 156 Å². The van der Waals surface area contributed by atoms with Crippen LogP contribution in [0.1, 0.15) is 26.0 Å². The van der Waals surface area contributed by atoms with E-state index in [9.17, 15) is 17.6 Å². The van der Waals surface area contributed by atoms with E-state index in [2.05, 4.69) is 31.6 Å². The average Bonchev–Trinajstić information content (AvgIpc) is 3.11. The van der Waals surface area contributed by atoms with Gasteiger partial charge in [0, 0.05) is 17.9 Å². The molecule has 0 saturated carbocycles. The number of aromatic nitrogens is 1. The van der Waals surface area contributed by atoms with Crippen molar-refractivity contribution in [3.8, 4) is 0 Å². The largest absolute Gasteiger partial charge is 0.389 e. The van der Waals surface area contributed by atoms with Crippen molar-refractivity contribution in [2.24, 2.45) is 5.16 Å². The minimum absolute atomic E-state index is 0.00487. The summed E-state index contributed by atoms with van der Waals surface area (Å²) in [6, 6.07) is 2.34. The van der Waals surface area contributed by atoms with Crippen molar-refractivity contribution in [1.29, 1.82) is 0 Å². The topological polar surface area (TPSA) is 111 Å². The lowest BCUT2D eigenvalue weighted by Gasteiger charge is -2.13. The van der Waals surface area contributed by atoms with E-state index in [0.717, 1.165) is 6.07 Å². The van der Waals surface area contributed by atoms with Crippen molar-refractivity contribution in [3.05, 3.63) is 23.6 Å². The summed E-state index contributed by atoms with van der Waals surface area (Å²) < 4.78 is 44.3. The van der Waals surface area contributed by atoms with Crippen molar-refractivity contribution >= 4 is 53.4 Å². The molecule has 1 aromatic carbocycles. The van der Waals surface area contributed by atoms with E-state index < -0.39 is 32.9 Å². The van der Waals surface area contributed by atoms with Crippen LogP contribution >= 0.6 is 15.9 Å². The van der Waals surface area contributed by atoms with Crippen LogP contribution in [0, 0.1) is 5.82 Å². The molecular formula is C15H15BrFN3O5S. The second-order valence-corrected chi connectivity index (χ2v) is 8.96. The maximum atomic E-state index is 14.2. The second-order valence-electron chi connectivity index (χ2n) is 6.41. The molecule has 0 radical (unpaired) electrons. The average molecular weight is 448 g/mol. The number of hydrogen-bond acceptors (Lipinski definition) is 7. The number of oxime groups is 1. The molecular weight excluding hydrogens is 433 g/mol. The number of anilines is 1. The fraction of sp³-hybridized carbons (Fsp3) is 0.400. The van der Waals surface area contributed by atoms with Gasteiger partial charge in [0.2, 0.25) is 15.7 Å². The van der Waals surface area contributed by atoms with Crippen molar-refractivity contribution in [2.75, 3.05) is 10.6 Å². The highest BCUT2D eigenvalue weighted by Crippen LogP contribution is 2.29. The van der Waals surface area contributed by atoms with Crippen LogP contribution in [0.2, 0.25) is 0 Å². The number of rotatable bonds is 4. The third-order valence-corrected chi connectivity index (χ3v) is 5.79. The maximum Gasteiger partial charge on any atom is 0.235 e. The van der Waals surface area contributed by atoms with Crippen LogP contribution in [0.25, 0.3) is 11.0 Å². The minimum atomic E-state index is -3.79. The quantitative estimate of drug-likeness (QED) is 0.721. The minimum Gasteiger partial charge on any atom is -0.389 e. The lowest BCUT2D eigenvalue weighted by atomic mass is 10.1. The van der Waals surface area contributed by atoms with Crippen LogP contribution in [0.4, 0.5) is 10.1 Å². The lowest BCUT2D eigenvalue weighted by Crippen LogP contribution is -2.23. The number of fused-ring (bicyclic) bond motifs is 1.